The Morgan fingerprint density at radius 1 is 1.17 bits per heavy atom. The number of halogens is 3. The molecule has 7 nitrogen and oxygen atoms in total. The van der Waals surface area contributed by atoms with Crippen LogP contribution in [0.25, 0.3) is 11.3 Å². The molecule has 0 radical (unpaired) electrons. The molecule has 10 heteroatoms. The first-order chi connectivity index (χ1) is 13.5. The molecule has 0 saturated carbocycles. The summed E-state index contributed by atoms with van der Waals surface area (Å²) in [5.41, 5.74) is 0.371. The van der Waals surface area contributed by atoms with Crippen LogP contribution < -0.4 is 0 Å². The summed E-state index contributed by atoms with van der Waals surface area (Å²) in [5.74, 6) is 0. The number of amides is 1. The van der Waals surface area contributed by atoms with Gasteiger partial charge in [0.05, 0.1) is 36.6 Å². The van der Waals surface area contributed by atoms with Gasteiger partial charge in [-0.15, -0.1) is 5.10 Å². The molecule has 1 fully saturated rings. The van der Waals surface area contributed by atoms with Crippen LogP contribution in [0.2, 0.25) is 0 Å². The van der Waals surface area contributed by atoms with Gasteiger partial charge >= 0.3 is 12.3 Å². The van der Waals surface area contributed by atoms with E-state index in [-0.39, 0.29) is 18.8 Å². The van der Waals surface area contributed by atoms with Crippen LogP contribution in [0.4, 0.5) is 18.0 Å². The molecule has 1 saturated heterocycles. The van der Waals surface area contributed by atoms with Gasteiger partial charge in [0.1, 0.15) is 11.3 Å². The molecule has 0 unspecified atom stereocenters. The molecular formula is C19H21F3N4O3. The van der Waals surface area contributed by atoms with Crippen LogP contribution in [0.3, 0.4) is 0 Å². The zero-order valence-corrected chi connectivity index (χ0v) is 16.2. The van der Waals surface area contributed by atoms with E-state index in [9.17, 15) is 18.0 Å². The normalized spacial score (nSPS) is 21.7. The van der Waals surface area contributed by atoms with Gasteiger partial charge in [-0.1, -0.05) is 17.3 Å². The minimum Gasteiger partial charge on any atom is -0.444 e. The van der Waals surface area contributed by atoms with E-state index in [1.165, 1.54) is 12.1 Å². The Morgan fingerprint density at radius 3 is 2.48 bits per heavy atom. The highest BCUT2D eigenvalue weighted by atomic mass is 19.4. The highest BCUT2D eigenvalue weighted by Gasteiger charge is 2.43. The fourth-order valence-electron chi connectivity index (χ4n) is 3.57. The Balaban J connectivity index is 1.55. The second kappa shape index (κ2) is 6.72. The predicted molar refractivity (Wildman–Crippen MR) is 95.9 cm³/mol. The van der Waals surface area contributed by atoms with Crippen LogP contribution in [0.1, 0.15) is 38.1 Å². The maximum atomic E-state index is 12.8. The van der Waals surface area contributed by atoms with Gasteiger partial charge in [-0.2, -0.15) is 13.2 Å². The summed E-state index contributed by atoms with van der Waals surface area (Å²) in [6, 6.07) is 4.57. The molecule has 2 aromatic rings. The Hall–Kier alpha value is -2.62. The van der Waals surface area contributed by atoms with Gasteiger partial charge in [-0.3, -0.25) is 0 Å². The molecule has 3 heterocycles. The minimum atomic E-state index is -4.39. The topological polar surface area (TPSA) is 69.5 Å². The third-order valence-electron chi connectivity index (χ3n) is 4.91. The van der Waals surface area contributed by atoms with Crippen LogP contribution in [0.5, 0.6) is 0 Å². The molecule has 1 aromatic carbocycles. The smallest absolute Gasteiger partial charge is 0.416 e. The first-order valence-electron chi connectivity index (χ1n) is 9.24. The molecule has 156 valence electrons. The van der Waals surface area contributed by atoms with Crippen LogP contribution in [-0.4, -0.2) is 50.8 Å². The van der Waals surface area contributed by atoms with Crippen LogP contribution in [0, 0.1) is 0 Å². The van der Waals surface area contributed by atoms with E-state index in [1.54, 1.807) is 30.4 Å². The summed E-state index contributed by atoms with van der Waals surface area (Å²) >= 11 is 0. The predicted octanol–water partition coefficient (Wildman–Crippen LogP) is 3.65. The number of carbonyl (C=O) groups excluding carboxylic acids is 1. The lowest BCUT2D eigenvalue weighted by atomic mass is 10.1. The summed E-state index contributed by atoms with van der Waals surface area (Å²) in [6.45, 7) is 6.37. The number of hydrogen-bond donors (Lipinski definition) is 0. The second-order valence-electron chi connectivity index (χ2n) is 8.21. The summed E-state index contributed by atoms with van der Waals surface area (Å²) in [5, 5.41) is 8.37. The average molecular weight is 410 g/mol. The van der Waals surface area contributed by atoms with Crippen molar-refractivity contribution in [3.63, 3.8) is 0 Å². The monoisotopic (exact) mass is 410 g/mol. The van der Waals surface area contributed by atoms with E-state index in [0.29, 0.717) is 30.0 Å². The van der Waals surface area contributed by atoms with Crippen molar-refractivity contribution in [3.8, 4) is 11.3 Å². The molecule has 4 rings (SSSR count). The number of benzene rings is 1. The zero-order valence-electron chi connectivity index (χ0n) is 16.2. The summed E-state index contributed by atoms with van der Waals surface area (Å²) in [7, 11) is 0. The third kappa shape index (κ3) is 3.81. The number of fused-ring (bicyclic) bond motifs is 3. The summed E-state index contributed by atoms with van der Waals surface area (Å²) < 4.78 is 51.4. The van der Waals surface area contributed by atoms with E-state index in [4.69, 9.17) is 9.47 Å². The van der Waals surface area contributed by atoms with Crippen molar-refractivity contribution >= 4 is 6.09 Å². The number of likely N-dealkylation sites (tertiary alicyclic amines) is 1. The molecule has 29 heavy (non-hydrogen) atoms. The van der Waals surface area contributed by atoms with Gasteiger partial charge in [0, 0.05) is 12.1 Å². The number of ether oxygens (including phenoxy) is 2. The van der Waals surface area contributed by atoms with Crippen molar-refractivity contribution in [1.82, 2.24) is 19.9 Å². The fourth-order valence-corrected chi connectivity index (χ4v) is 3.57. The molecule has 0 N–H and O–H groups in total. The molecule has 0 spiro atoms. The molecular weight excluding hydrogens is 389 g/mol. The number of carbonyl (C=O) groups is 1. The number of alkyl halides is 3. The molecule has 0 aliphatic carbocycles. The van der Waals surface area contributed by atoms with Crippen molar-refractivity contribution in [3.05, 3.63) is 35.5 Å². The van der Waals surface area contributed by atoms with Crippen molar-refractivity contribution in [1.29, 1.82) is 0 Å². The van der Waals surface area contributed by atoms with Crippen molar-refractivity contribution in [2.75, 3.05) is 13.1 Å². The van der Waals surface area contributed by atoms with Gasteiger partial charge in [-0.25, -0.2) is 9.48 Å². The van der Waals surface area contributed by atoms with Gasteiger partial charge < -0.3 is 14.4 Å². The van der Waals surface area contributed by atoms with E-state index in [2.05, 4.69) is 10.3 Å². The maximum Gasteiger partial charge on any atom is 0.416 e. The SMILES string of the molecule is CC(C)(C)OC(=O)N1C[C@@H]2OCc3c(-c4ccc(C(F)(F)F)cc4)nnn3[C@H]2C1. The third-order valence-corrected chi connectivity index (χ3v) is 4.91. The quantitative estimate of drug-likeness (QED) is 0.718. The van der Waals surface area contributed by atoms with Gasteiger partial charge in [0.15, 0.2) is 0 Å². The largest absolute Gasteiger partial charge is 0.444 e. The first kappa shape index (κ1) is 19.7. The molecule has 2 aliphatic rings. The van der Waals surface area contributed by atoms with Gasteiger partial charge in [0.2, 0.25) is 0 Å². The lowest BCUT2D eigenvalue weighted by Gasteiger charge is -2.26. The van der Waals surface area contributed by atoms with Crippen LogP contribution in [-0.2, 0) is 22.3 Å². The lowest BCUT2D eigenvalue weighted by molar-refractivity contribution is -0.137. The van der Waals surface area contributed by atoms with E-state index < -0.39 is 23.4 Å². The number of hydrogen-bond acceptors (Lipinski definition) is 5. The van der Waals surface area contributed by atoms with Crippen molar-refractivity contribution < 1.29 is 27.4 Å². The Morgan fingerprint density at radius 2 is 1.86 bits per heavy atom. The average Bonchev–Trinajstić information content (AvgIpc) is 3.23. The zero-order chi connectivity index (χ0) is 21.0. The Bertz CT molecular complexity index is 918. The fraction of sp³-hybridized carbons (Fsp3) is 0.526. The van der Waals surface area contributed by atoms with E-state index in [0.717, 1.165) is 12.1 Å². The van der Waals surface area contributed by atoms with E-state index in [1.807, 2.05) is 0 Å². The Labute approximate surface area is 165 Å². The van der Waals surface area contributed by atoms with Crippen LogP contribution >= 0.6 is 0 Å². The highest BCUT2D eigenvalue weighted by molar-refractivity contribution is 5.69. The Kier molecular flexibility index (Phi) is 4.56. The standard InChI is InChI=1S/C19H21F3N4O3/c1-18(2,3)29-17(27)25-8-13-15(9-25)28-10-14-16(23-24-26(13)14)11-4-6-12(7-5-11)19(20,21)22/h4-7,13,15H,8-10H2,1-3H3/t13-,15-/m0/s1. The lowest BCUT2D eigenvalue weighted by Crippen LogP contribution is -2.36. The van der Waals surface area contributed by atoms with Gasteiger partial charge in [0.25, 0.3) is 0 Å². The molecule has 2 atom stereocenters. The van der Waals surface area contributed by atoms with Crippen LogP contribution in [0.15, 0.2) is 24.3 Å². The number of aromatic nitrogens is 3. The minimum absolute atomic E-state index is 0.215. The highest BCUT2D eigenvalue weighted by Crippen LogP contribution is 2.36. The van der Waals surface area contributed by atoms with E-state index >= 15 is 0 Å². The number of rotatable bonds is 1. The molecule has 1 aromatic heterocycles. The van der Waals surface area contributed by atoms with Crippen molar-refractivity contribution in [2.24, 2.45) is 0 Å². The van der Waals surface area contributed by atoms with Crippen molar-refractivity contribution in [2.45, 2.75) is 51.3 Å². The summed E-state index contributed by atoms with van der Waals surface area (Å²) in [4.78, 5) is 13.9. The molecule has 0 bridgehead atoms. The van der Waals surface area contributed by atoms with Gasteiger partial charge in [-0.05, 0) is 32.9 Å². The first-order valence-corrected chi connectivity index (χ1v) is 9.24. The number of nitrogens with zero attached hydrogens (tertiary/aromatic N) is 4. The molecule has 2 aliphatic heterocycles. The second-order valence-corrected chi connectivity index (χ2v) is 8.21. The molecule has 1 amide bonds. The maximum absolute atomic E-state index is 12.8. The summed E-state index contributed by atoms with van der Waals surface area (Å²) in [6.07, 6.45) is -5.05.